The maximum absolute atomic E-state index is 13.0. The quantitative estimate of drug-likeness (QED) is 0.610. The number of halogens is 1. The third-order valence-corrected chi connectivity index (χ3v) is 2.90. The van der Waals surface area contributed by atoms with Gasteiger partial charge in [0.05, 0.1) is 19.3 Å². The summed E-state index contributed by atoms with van der Waals surface area (Å²) in [5.74, 6) is -0.324. The van der Waals surface area contributed by atoms with Gasteiger partial charge in [0.2, 0.25) is 0 Å². The number of benzene rings is 1. The molecule has 0 bridgehead atoms. The van der Waals surface area contributed by atoms with Crippen LogP contribution in [0.25, 0.3) is 0 Å². The molecule has 0 saturated carbocycles. The fourth-order valence-corrected chi connectivity index (χ4v) is 1.77. The molecular weight excluding hydrogens is 261 g/mol. The van der Waals surface area contributed by atoms with E-state index in [1.165, 1.54) is 12.1 Å². The number of hydrogen-bond acceptors (Lipinski definition) is 4. The molecule has 1 unspecified atom stereocenters. The van der Waals surface area contributed by atoms with Gasteiger partial charge in [-0.2, -0.15) is 0 Å². The van der Waals surface area contributed by atoms with Crippen molar-refractivity contribution < 1.29 is 19.0 Å². The monoisotopic (exact) mass is 285 g/mol. The van der Waals surface area contributed by atoms with Crippen LogP contribution in [0.15, 0.2) is 24.3 Å². The standard InChI is InChI=1S/C15H24FNO3/c1-19-9-10-20-8-3-2-7-17-12-15(18)13-5-4-6-14(16)11-13/h4-6,11,15,17-18H,2-3,7-10,12H2,1H3. The van der Waals surface area contributed by atoms with Crippen LogP contribution in [-0.2, 0) is 9.47 Å². The van der Waals surface area contributed by atoms with Gasteiger partial charge < -0.3 is 19.9 Å². The van der Waals surface area contributed by atoms with Gasteiger partial charge in [0.1, 0.15) is 5.82 Å². The Labute approximate surface area is 119 Å². The van der Waals surface area contributed by atoms with E-state index in [1.54, 1.807) is 19.2 Å². The molecule has 1 rings (SSSR count). The Balaban J connectivity index is 2.01. The molecule has 1 aromatic carbocycles. The van der Waals surface area contributed by atoms with Gasteiger partial charge in [-0.1, -0.05) is 12.1 Å². The molecule has 5 heteroatoms. The maximum Gasteiger partial charge on any atom is 0.123 e. The second-order valence-electron chi connectivity index (χ2n) is 4.59. The van der Waals surface area contributed by atoms with Crippen LogP contribution in [0.3, 0.4) is 0 Å². The lowest BCUT2D eigenvalue weighted by Crippen LogP contribution is -2.22. The van der Waals surface area contributed by atoms with E-state index in [2.05, 4.69) is 5.32 Å². The van der Waals surface area contributed by atoms with Crippen LogP contribution in [0.5, 0.6) is 0 Å². The molecule has 2 N–H and O–H groups in total. The molecule has 0 radical (unpaired) electrons. The fourth-order valence-electron chi connectivity index (χ4n) is 1.77. The predicted molar refractivity (Wildman–Crippen MR) is 76.2 cm³/mol. The summed E-state index contributed by atoms with van der Waals surface area (Å²) in [6, 6.07) is 6.05. The Morgan fingerprint density at radius 1 is 1.25 bits per heavy atom. The summed E-state index contributed by atoms with van der Waals surface area (Å²) in [5, 5.41) is 13.0. The van der Waals surface area contributed by atoms with Crippen LogP contribution < -0.4 is 5.32 Å². The first kappa shape index (κ1) is 17.0. The van der Waals surface area contributed by atoms with Crippen LogP contribution in [0.4, 0.5) is 4.39 Å². The summed E-state index contributed by atoms with van der Waals surface area (Å²) in [5.41, 5.74) is 0.598. The average molecular weight is 285 g/mol. The molecule has 1 atom stereocenters. The van der Waals surface area contributed by atoms with Crippen molar-refractivity contribution in [3.05, 3.63) is 35.6 Å². The molecular formula is C15H24FNO3. The summed E-state index contributed by atoms with van der Waals surface area (Å²) < 4.78 is 23.2. The van der Waals surface area contributed by atoms with Crippen LogP contribution >= 0.6 is 0 Å². The second-order valence-corrected chi connectivity index (χ2v) is 4.59. The minimum atomic E-state index is -0.677. The number of aliphatic hydroxyl groups is 1. The van der Waals surface area contributed by atoms with E-state index in [0.29, 0.717) is 25.3 Å². The Morgan fingerprint density at radius 2 is 2.10 bits per heavy atom. The Bertz CT molecular complexity index is 363. The Hall–Kier alpha value is -1.01. The first-order valence-corrected chi connectivity index (χ1v) is 6.95. The van der Waals surface area contributed by atoms with E-state index in [-0.39, 0.29) is 5.82 Å². The van der Waals surface area contributed by atoms with Crippen LogP contribution in [0, 0.1) is 5.82 Å². The van der Waals surface area contributed by atoms with Crippen molar-refractivity contribution in [3.63, 3.8) is 0 Å². The Kier molecular flexibility index (Phi) is 9.15. The maximum atomic E-state index is 13.0. The summed E-state index contributed by atoms with van der Waals surface area (Å²) in [6.45, 7) is 3.20. The molecule has 0 saturated heterocycles. The van der Waals surface area contributed by atoms with Crippen molar-refractivity contribution in [2.75, 3.05) is 40.0 Å². The number of aliphatic hydroxyl groups excluding tert-OH is 1. The molecule has 0 amide bonds. The van der Waals surface area contributed by atoms with Gasteiger partial charge in [-0.05, 0) is 37.1 Å². The highest BCUT2D eigenvalue weighted by molar-refractivity contribution is 5.18. The molecule has 4 nitrogen and oxygen atoms in total. The zero-order valence-corrected chi connectivity index (χ0v) is 12.0. The van der Waals surface area contributed by atoms with Gasteiger partial charge in [-0.25, -0.2) is 4.39 Å². The van der Waals surface area contributed by atoms with E-state index in [1.807, 2.05) is 0 Å². The van der Waals surface area contributed by atoms with Crippen LogP contribution in [0.2, 0.25) is 0 Å². The smallest absolute Gasteiger partial charge is 0.123 e. The lowest BCUT2D eigenvalue weighted by atomic mass is 10.1. The van der Waals surface area contributed by atoms with Gasteiger partial charge in [0.15, 0.2) is 0 Å². The summed E-state index contributed by atoms with van der Waals surface area (Å²) in [6.07, 6.45) is 1.26. The van der Waals surface area contributed by atoms with Crippen molar-refractivity contribution in [2.45, 2.75) is 18.9 Å². The molecule has 0 heterocycles. The Morgan fingerprint density at radius 3 is 2.85 bits per heavy atom. The molecule has 20 heavy (non-hydrogen) atoms. The first-order valence-electron chi connectivity index (χ1n) is 6.95. The average Bonchev–Trinajstić information content (AvgIpc) is 2.45. The van der Waals surface area contributed by atoms with Crippen molar-refractivity contribution in [1.29, 1.82) is 0 Å². The third-order valence-electron chi connectivity index (χ3n) is 2.90. The zero-order valence-electron chi connectivity index (χ0n) is 12.0. The van der Waals surface area contributed by atoms with Gasteiger partial charge >= 0.3 is 0 Å². The van der Waals surface area contributed by atoms with Gasteiger partial charge in [-0.15, -0.1) is 0 Å². The first-order chi connectivity index (χ1) is 9.74. The summed E-state index contributed by atoms with van der Waals surface area (Å²) in [7, 11) is 1.65. The van der Waals surface area contributed by atoms with Crippen molar-refractivity contribution in [2.24, 2.45) is 0 Å². The summed E-state index contributed by atoms with van der Waals surface area (Å²) >= 11 is 0. The van der Waals surface area contributed by atoms with E-state index in [9.17, 15) is 9.50 Å². The normalized spacial score (nSPS) is 12.6. The molecule has 0 aliphatic carbocycles. The largest absolute Gasteiger partial charge is 0.387 e. The van der Waals surface area contributed by atoms with E-state index >= 15 is 0 Å². The zero-order chi connectivity index (χ0) is 14.6. The lowest BCUT2D eigenvalue weighted by molar-refractivity contribution is 0.0687. The van der Waals surface area contributed by atoms with Gasteiger partial charge in [0, 0.05) is 20.3 Å². The number of nitrogens with one attached hydrogen (secondary N) is 1. The molecule has 0 aliphatic rings. The fraction of sp³-hybridized carbons (Fsp3) is 0.600. The number of hydrogen-bond donors (Lipinski definition) is 2. The van der Waals surface area contributed by atoms with Crippen LogP contribution in [0.1, 0.15) is 24.5 Å². The number of rotatable bonds is 11. The van der Waals surface area contributed by atoms with Crippen molar-refractivity contribution in [3.8, 4) is 0 Å². The molecule has 114 valence electrons. The molecule has 0 aliphatic heterocycles. The summed E-state index contributed by atoms with van der Waals surface area (Å²) in [4.78, 5) is 0. The molecule has 0 spiro atoms. The minimum absolute atomic E-state index is 0.324. The highest BCUT2D eigenvalue weighted by Gasteiger charge is 2.07. The van der Waals surface area contributed by atoms with E-state index < -0.39 is 6.10 Å². The van der Waals surface area contributed by atoms with Gasteiger partial charge in [-0.3, -0.25) is 0 Å². The topological polar surface area (TPSA) is 50.7 Å². The molecule has 0 fully saturated rings. The highest BCUT2D eigenvalue weighted by atomic mass is 19.1. The number of ether oxygens (including phenoxy) is 2. The van der Waals surface area contributed by atoms with E-state index in [4.69, 9.17) is 9.47 Å². The highest BCUT2D eigenvalue weighted by Crippen LogP contribution is 2.12. The lowest BCUT2D eigenvalue weighted by Gasteiger charge is -2.12. The third kappa shape index (κ3) is 7.55. The minimum Gasteiger partial charge on any atom is -0.387 e. The van der Waals surface area contributed by atoms with Crippen molar-refractivity contribution in [1.82, 2.24) is 5.32 Å². The van der Waals surface area contributed by atoms with Crippen LogP contribution in [-0.4, -0.2) is 45.1 Å². The predicted octanol–water partition coefficient (Wildman–Crippen LogP) is 1.89. The number of methoxy groups -OCH3 is 1. The number of unbranched alkanes of at least 4 members (excludes halogenated alkanes) is 1. The van der Waals surface area contributed by atoms with E-state index in [0.717, 1.165) is 26.0 Å². The van der Waals surface area contributed by atoms with Gasteiger partial charge in [0.25, 0.3) is 0 Å². The second kappa shape index (κ2) is 10.7. The molecule has 0 aromatic heterocycles. The molecule has 1 aromatic rings. The van der Waals surface area contributed by atoms with Crippen molar-refractivity contribution >= 4 is 0 Å². The SMILES string of the molecule is COCCOCCCCNCC(O)c1cccc(F)c1.